The summed E-state index contributed by atoms with van der Waals surface area (Å²) in [6, 6.07) is 6.64. The Morgan fingerprint density at radius 1 is 1.21 bits per heavy atom. The Kier molecular flexibility index (Phi) is 6.53. The Labute approximate surface area is 115 Å². The molecule has 1 aromatic rings. The molecule has 0 heterocycles. The van der Waals surface area contributed by atoms with Gasteiger partial charge in [-0.05, 0) is 38.3 Å². The summed E-state index contributed by atoms with van der Waals surface area (Å²) in [4.78, 5) is 0.209. The van der Waals surface area contributed by atoms with E-state index in [-0.39, 0.29) is 11.5 Å². The van der Waals surface area contributed by atoms with Crippen LogP contribution < -0.4 is 0 Å². The van der Waals surface area contributed by atoms with Gasteiger partial charge in [0.2, 0.25) is 0 Å². The lowest BCUT2D eigenvalue weighted by molar-refractivity contribution is 0.313. The summed E-state index contributed by atoms with van der Waals surface area (Å²) in [6.07, 6.45) is 8.14. The lowest BCUT2D eigenvalue weighted by atomic mass is 10.2. The molecule has 4 heteroatoms. The first-order chi connectivity index (χ1) is 9.06. The maximum atomic E-state index is 11.8. The quantitative estimate of drug-likeness (QED) is 0.415. The lowest BCUT2D eigenvalue weighted by Crippen LogP contribution is -2.07. The summed E-state index contributed by atoms with van der Waals surface area (Å²) in [7, 11) is -3.61. The van der Waals surface area contributed by atoms with Crippen LogP contribution >= 0.6 is 0 Å². The zero-order chi connectivity index (χ0) is 14.1. The van der Waals surface area contributed by atoms with E-state index in [0.29, 0.717) is 6.42 Å². The molecule has 0 N–H and O–H groups in total. The van der Waals surface area contributed by atoms with Crippen molar-refractivity contribution < 1.29 is 12.6 Å². The molecule has 3 nitrogen and oxygen atoms in total. The van der Waals surface area contributed by atoms with Crippen molar-refractivity contribution in [1.29, 1.82) is 0 Å². The van der Waals surface area contributed by atoms with Crippen molar-refractivity contribution in [3.05, 3.63) is 54.6 Å². The molecule has 0 amide bonds. The molecule has 0 aliphatic heterocycles. The van der Waals surface area contributed by atoms with Crippen molar-refractivity contribution in [3.8, 4) is 0 Å². The average Bonchev–Trinajstić information content (AvgIpc) is 2.38. The van der Waals surface area contributed by atoms with Gasteiger partial charge in [-0.25, -0.2) is 0 Å². The second kappa shape index (κ2) is 7.92. The van der Waals surface area contributed by atoms with Gasteiger partial charge in [0.1, 0.15) is 0 Å². The van der Waals surface area contributed by atoms with Crippen molar-refractivity contribution >= 4 is 10.1 Å². The Hall–Kier alpha value is -1.39. The largest absolute Gasteiger partial charge is 0.296 e. The molecule has 1 rings (SSSR count). The van der Waals surface area contributed by atoms with Crippen LogP contribution in [-0.4, -0.2) is 15.0 Å². The van der Waals surface area contributed by atoms with Crippen LogP contribution in [0.2, 0.25) is 0 Å². The van der Waals surface area contributed by atoms with Gasteiger partial charge in [-0.2, -0.15) is 8.42 Å². The van der Waals surface area contributed by atoms with Gasteiger partial charge in [0.25, 0.3) is 10.1 Å². The maximum Gasteiger partial charge on any atom is 0.296 e. The van der Waals surface area contributed by atoms with E-state index in [4.69, 9.17) is 4.18 Å². The van der Waals surface area contributed by atoms with E-state index in [1.807, 2.05) is 25.2 Å². The zero-order valence-corrected chi connectivity index (χ0v) is 12.0. The van der Waals surface area contributed by atoms with Crippen LogP contribution in [0.4, 0.5) is 0 Å². The highest BCUT2D eigenvalue weighted by molar-refractivity contribution is 7.86. The van der Waals surface area contributed by atoms with E-state index < -0.39 is 10.1 Å². The number of benzene rings is 1. The van der Waals surface area contributed by atoms with E-state index in [1.54, 1.807) is 24.3 Å². The monoisotopic (exact) mass is 280 g/mol. The SMILES string of the molecule is C=CC/C=C/CCCOS(=O)(=O)c1ccc(C)cc1. The second-order valence-electron chi connectivity index (χ2n) is 4.23. The van der Waals surface area contributed by atoms with Gasteiger partial charge in [0.05, 0.1) is 11.5 Å². The minimum absolute atomic E-state index is 0.203. The Morgan fingerprint density at radius 3 is 2.53 bits per heavy atom. The molecule has 0 fully saturated rings. The Balaban J connectivity index is 2.39. The molecule has 0 saturated carbocycles. The van der Waals surface area contributed by atoms with Gasteiger partial charge < -0.3 is 0 Å². The molecule has 19 heavy (non-hydrogen) atoms. The predicted molar refractivity (Wildman–Crippen MR) is 77.5 cm³/mol. The molecule has 0 bridgehead atoms. The number of aryl methyl sites for hydroxylation is 1. The summed E-state index contributed by atoms with van der Waals surface area (Å²) in [5, 5.41) is 0. The predicted octanol–water partition coefficient (Wildman–Crippen LogP) is 3.61. The third kappa shape index (κ3) is 5.85. The van der Waals surface area contributed by atoms with Crippen LogP contribution in [0.1, 0.15) is 24.8 Å². The minimum Gasteiger partial charge on any atom is -0.266 e. The molecule has 0 aliphatic rings. The smallest absolute Gasteiger partial charge is 0.266 e. The molecule has 104 valence electrons. The standard InChI is InChI=1S/C15H20O3S/c1-3-4-5-6-7-8-13-18-19(16,17)15-11-9-14(2)10-12-15/h3,5-6,9-12H,1,4,7-8,13H2,2H3/b6-5+. The summed E-state index contributed by atoms with van der Waals surface area (Å²) in [5.41, 5.74) is 1.02. The fourth-order valence-corrected chi connectivity index (χ4v) is 2.40. The maximum absolute atomic E-state index is 11.8. The van der Waals surface area contributed by atoms with Gasteiger partial charge in [0.15, 0.2) is 0 Å². The fourth-order valence-electron chi connectivity index (χ4n) is 1.45. The van der Waals surface area contributed by atoms with Crippen molar-refractivity contribution in [2.75, 3.05) is 6.61 Å². The number of rotatable bonds is 8. The summed E-state index contributed by atoms with van der Waals surface area (Å²) in [6.45, 7) is 5.72. The third-order valence-corrected chi connectivity index (χ3v) is 3.86. The van der Waals surface area contributed by atoms with Gasteiger partial charge in [-0.3, -0.25) is 4.18 Å². The molecule has 0 saturated heterocycles. The van der Waals surface area contributed by atoms with Gasteiger partial charge in [-0.15, -0.1) is 6.58 Å². The highest BCUT2D eigenvalue weighted by Crippen LogP contribution is 2.13. The summed E-state index contributed by atoms with van der Waals surface area (Å²) in [5.74, 6) is 0. The van der Waals surface area contributed by atoms with Gasteiger partial charge in [-0.1, -0.05) is 35.9 Å². The molecule has 0 aliphatic carbocycles. The Morgan fingerprint density at radius 2 is 1.89 bits per heavy atom. The van der Waals surface area contributed by atoms with Crippen molar-refractivity contribution in [2.45, 2.75) is 31.1 Å². The number of allylic oxidation sites excluding steroid dienone is 3. The minimum atomic E-state index is -3.61. The first-order valence-corrected chi connectivity index (χ1v) is 7.69. The first kappa shape index (κ1) is 15.7. The fraction of sp³-hybridized carbons (Fsp3) is 0.333. The van der Waals surface area contributed by atoms with Crippen LogP contribution in [0.15, 0.2) is 54.0 Å². The lowest BCUT2D eigenvalue weighted by Gasteiger charge is -2.05. The molecule has 1 aromatic carbocycles. The molecule has 0 atom stereocenters. The molecule has 0 aromatic heterocycles. The van der Waals surface area contributed by atoms with E-state index in [9.17, 15) is 8.42 Å². The van der Waals surface area contributed by atoms with Crippen LogP contribution in [0.5, 0.6) is 0 Å². The van der Waals surface area contributed by atoms with E-state index in [0.717, 1.165) is 18.4 Å². The molecule has 0 radical (unpaired) electrons. The van der Waals surface area contributed by atoms with E-state index in [2.05, 4.69) is 6.58 Å². The summed E-state index contributed by atoms with van der Waals surface area (Å²) < 4.78 is 28.6. The van der Waals surface area contributed by atoms with Crippen LogP contribution in [0.3, 0.4) is 0 Å². The molecule has 0 spiro atoms. The Bertz CT molecular complexity index is 513. The van der Waals surface area contributed by atoms with Crippen LogP contribution in [-0.2, 0) is 14.3 Å². The van der Waals surface area contributed by atoms with Crippen LogP contribution in [0, 0.1) is 6.92 Å². The number of unbranched alkanes of at least 4 members (excludes halogenated alkanes) is 1. The average molecular weight is 280 g/mol. The highest BCUT2D eigenvalue weighted by Gasteiger charge is 2.13. The topological polar surface area (TPSA) is 43.4 Å². The summed E-state index contributed by atoms with van der Waals surface area (Å²) >= 11 is 0. The van der Waals surface area contributed by atoms with E-state index in [1.165, 1.54) is 0 Å². The first-order valence-electron chi connectivity index (χ1n) is 6.28. The normalized spacial score (nSPS) is 11.8. The second-order valence-corrected chi connectivity index (χ2v) is 5.84. The number of hydrogen-bond donors (Lipinski definition) is 0. The zero-order valence-electron chi connectivity index (χ0n) is 11.2. The number of hydrogen-bond acceptors (Lipinski definition) is 3. The van der Waals surface area contributed by atoms with E-state index >= 15 is 0 Å². The van der Waals surface area contributed by atoms with Gasteiger partial charge in [0, 0.05) is 0 Å². The van der Waals surface area contributed by atoms with Crippen molar-refractivity contribution in [3.63, 3.8) is 0 Å². The highest BCUT2D eigenvalue weighted by atomic mass is 32.2. The molecule has 0 unspecified atom stereocenters. The van der Waals surface area contributed by atoms with Crippen molar-refractivity contribution in [1.82, 2.24) is 0 Å². The van der Waals surface area contributed by atoms with Gasteiger partial charge >= 0.3 is 0 Å². The van der Waals surface area contributed by atoms with Crippen molar-refractivity contribution in [2.24, 2.45) is 0 Å². The molecular formula is C15H20O3S. The third-order valence-electron chi connectivity index (χ3n) is 2.53. The molecular weight excluding hydrogens is 260 g/mol. The van der Waals surface area contributed by atoms with Crippen LogP contribution in [0.25, 0.3) is 0 Å².